The molecule has 0 unspecified atom stereocenters. The predicted molar refractivity (Wildman–Crippen MR) is 102 cm³/mol. The Bertz CT molecular complexity index is 919. The van der Waals surface area contributed by atoms with Gasteiger partial charge in [0.15, 0.2) is 17.3 Å². The molecule has 0 aliphatic heterocycles. The van der Waals surface area contributed by atoms with Crippen molar-refractivity contribution in [3.63, 3.8) is 0 Å². The van der Waals surface area contributed by atoms with Crippen LogP contribution in [0.15, 0.2) is 48.5 Å². The molecule has 0 aliphatic carbocycles. The Hall–Kier alpha value is -2.80. The van der Waals surface area contributed by atoms with Gasteiger partial charge < -0.3 is 9.84 Å². The molecule has 2 rings (SSSR count). The summed E-state index contributed by atoms with van der Waals surface area (Å²) < 4.78 is 31.2. The van der Waals surface area contributed by atoms with Crippen LogP contribution in [-0.2, 0) is 10.0 Å². The molecule has 0 radical (unpaired) electrons. The first-order valence-electron chi connectivity index (χ1n) is 8.04. The van der Waals surface area contributed by atoms with E-state index in [1.54, 1.807) is 43.3 Å². The largest absolute Gasteiger partial charge is 0.504 e. The van der Waals surface area contributed by atoms with Crippen LogP contribution >= 0.6 is 0 Å². The van der Waals surface area contributed by atoms with Crippen molar-refractivity contribution in [1.29, 1.82) is 0 Å². The smallest absolute Gasteiger partial charge is 0.232 e. The lowest BCUT2D eigenvalue weighted by atomic mass is 10.1. The second kappa shape index (κ2) is 8.53. The van der Waals surface area contributed by atoms with Crippen molar-refractivity contribution in [2.24, 2.45) is 0 Å². The molecule has 0 atom stereocenters. The molecule has 0 aliphatic rings. The van der Waals surface area contributed by atoms with Crippen LogP contribution < -0.4 is 9.46 Å². The monoisotopic (exact) mass is 375 g/mol. The molecule has 0 saturated heterocycles. The number of allylic oxidation sites excluding steroid dienone is 1. The second-order valence-electron chi connectivity index (χ2n) is 5.63. The Morgan fingerprint density at radius 3 is 2.69 bits per heavy atom. The molecule has 0 aromatic heterocycles. The molecule has 0 amide bonds. The zero-order chi connectivity index (χ0) is 19.2. The lowest BCUT2D eigenvalue weighted by Gasteiger charge is -2.07. The van der Waals surface area contributed by atoms with Crippen LogP contribution in [-0.4, -0.2) is 32.2 Å². The van der Waals surface area contributed by atoms with Gasteiger partial charge in [0.1, 0.15) is 0 Å². The summed E-state index contributed by atoms with van der Waals surface area (Å²) in [6.07, 6.45) is 3.48. The van der Waals surface area contributed by atoms with Gasteiger partial charge in [-0.05, 0) is 42.3 Å². The van der Waals surface area contributed by atoms with Gasteiger partial charge in [-0.1, -0.05) is 31.2 Å². The summed E-state index contributed by atoms with van der Waals surface area (Å²) in [7, 11) is -1.97. The fourth-order valence-corrected chi connectivity index (χ4v) is 3.43. The molecule has 7 heteroatoms. The van der Waals surface area contributed by atoms with E-state index < -0.39 is 10.0 Å². The zero-order valence-electron chi connectivity index (χ0n) is 14.6. The molecule has 2 aromatic rings. The van der Waals surface area contributed by atoms with E-state index >= 15 is 0 Å². The normalized spacial score (nSPS) is 11.5. The number of hydrogen-bond acceptors (Lipinski definition) is 5. The molecule has 6 nitrogen and oxygen atoms in total. The van der Waals surface area contributed by atoms with Gasteiger partial charge in [0.2, 0.25) is 10.0 Å². The third-order valence-electron chi connectivity index (χ3n) is 3.52. The van der Waals surface area contributed by atoms with Crippen molar-refractivity contribution in [3.05, 3.63) is 59.7 Å². The van der Waals surface area contributed by atoms with E-state index in [4.69, 9.17) is 4.74 Å². The minimum absolute atomic E-state index is 0.0167. The minimum atomic E-state index is -3.41. The zero-order valence-corrected chi connectivity index (χ0v) is 15.4. The van der Waals surface area contributed by atoms with Crippen molar-refractivity contribution < 1.29 is 23.1 Å². The number of phenolic OH excluding ortho intramolecular Hbond substituents is 1. The van der Waals surface area contributed by atoms with Crippen LogP contribution in [0.3, 0.4) is 0 Å². The van der Waals surface area contributed by atoms with Crippen LogP contribution in [0, 0.1) is 0 Å². The highest BCUT2D eigenvalue weighted by Gasteiger charge is 2.10. The van der Waals surface area contributed by atoms with Crippen LogP contribution in [0.1, 0.15) is 29.3 Å². The Labute approximate surface area is 153 Å². The van der Waals surface area contributed by atoms with Gasteiger partial charge in [-0.3, -0.25) is 9.52 Å². The number of ketones is 1. The first-order valence-corrected chi connectivity index (χ1v) is 9.70. The number of rotatable bonds is 8. The van der Waals surface area contributed by atoms with Crippen molar-refractivity contribution in [2.75, 3.05) is 17.6 Å². The first kappa shape index (κ1) is 19.5. The van der Waals surface area contributed by atoms with Gasteiger partial charge in [0, 0.05) is 11.3 Å². The van der Waals surface area contributed by atoms with Crippen molar-refractivity contribution in [3.8, 4) is 11.5 Å². The van der Waals surface area contributed by atoms with Crippen molar-refractivity contribution in [2.45, 2.75) is 13.3 Å². The first-order chi connectivity index (χ1) is 12.3. The number of ether oxygens (including phenoxy) is 1. The summed E-state index contributed by atoms with van der Waals surface area (Å²) in [6.45, 7) is 1.78. The molecule has 0 heterocycles. The summed E-state index contributed by atoms with van der Waals surface area (Å²) in [4.78, 5) is 12.3. The van der Waals surface area contributed by atoms with Gasteiger partial charge >= 0.3 is 0 Å². The van der Waals surface area contributed by atoms with Gasteiger partial charge in [0.25, 0.3) is 0 Å². The van der Waals surface area contributed by atoms with E-state index in [0.29, 0.717) is 29.0 Å². The van der Waals surface area contributed by atoms with Gasteiger partial charge in [-0.15, -0.1) is 0 Å². The molecule has 0 bridgehead atoms. The Kier molecular flexibility index (Phi) is 6.41. The summed E-state index contributed by atoms with van der Waals surface area (Å²) in [5, 5.41) is 9.58. The van der Waals surface area contributed by atoms with Gasteiger partial charge in [-0.2, -0.15) is 0 Å². The predicted octanol–water partition coefficient (Wildman–Crippen LogP) is 3.45. The molecule has 0 spiro atoms. The van der Waals surface area contributed by atoms with E-state index in [9.17, 15) is 18.3 Å². The molecule has 2 N–H and O–H groups in total. The minimum Gasteiger partial charge on any atom is -0.504 e. The number of anilines is 1. The third kappa shape index (κ3) is 5.35. The SMILES string of the molecule is CCCS(=O)(=O)Nc1cccc(C(=O)/C=C/c2ccc(O)c(OC)c2)c1. The summed E-state index contributed by atoms with van der Waals surface area (Å²) in [5.41, 5.74) is 1.40. The number of nitrogens with one attached hydrogen (secondary N) is 1. The standard InChI is InChI=1S/C19H21NO5S/c1-3-11-26(23,24)20-16-6-4-5-15(13-16)17(21)9-7-14-8-10-18(22)19(12-14)25-2/h4-10,12-13,20,22H,3,11H2,1-2H3/b9-7+. The summed E-state index contributed by atoms with van der Waals surface area (Å²) in [5.74, 6) is 0.0804. The van der Waals surface area contributed by atoms with Crippen LogP contribution in [0.25, 0.3) is 6.08 Å². The summed E-state index contributed by atoms with van der Waals surface area (Å²) >= 11 is 0. The second-order valence-corrected chi connectivity index (χ2v) is 7.47. The number of phenols is 1. The highest BCUT2D eigenvalue weighted by atomic mass is 32.2. The maximum atomic E-state index is 12.3. The summed E-state index contributed by atoms with van der Waals surface area (Å²) in [6, 6.07) is 11.1. The highest BCUT2D eigenvalue weighted by Crippen LogP contribution is 2.26. The molecular formula is C19H21NO5S. The molecule has 138 valence electrons. The van der Waals surface area contributed by atoms with Gasteiger partial charge in [0.05, 0.1) is 12.9 Å². The maximum absolute atomic E-state index is 12.3. The Morgan fingerprint density at radius 1 is 1.23 bits per heavy atom. The lowest BCUT2D eigenvalue weighted by molar-refractivity contribution is 0.104. The third-order valence-corrected chi connectivity index (χ3v) is 5.02. The average molecular weight is 375 g/mol. The molecule has 0 fully saturated rings. The number of sulfonamides is 1. The number of benzene rings is 2. The number of aromatic hydroxyl groups is 1. The number of carbonyl (C=O) groups is 1. The van der Waals surface area contributed by atoms with Crippen molar-refractivity contribution >= 4 is 27.6 Å². The van der Waals surface area contributed by atoms with E-state index in [2.05, 4.69) is 4.72 Å². The number of methoxy groups -OCH3 is 1. The van der Waals surface area contributed by atoms with E-state index in [1.165, 1.54) is 25.3 Å². The highest BCUT2D eigenvalue weighted by molar-refractivity contribution is 7.92. The van der Waals surface area contributed by atoms with E-state index in [1.807, 2.05) is 0 Å². The lowest BCUT2D eigenvalue weighted by Crippen LogP contribution is -2.16. The van der Waals surface area contributed by atoms with Crippen LogP contribution in [0.5, 0.6) is 11.5 Å². The van der Waals surface area contributed by atoms with Gasteiger partial charge in [-0.25, -0.2) is 8.42 Å². The Morgan fingerprint density at radius 2 is 2.00 bits per heavy atom. The fourth-order valence-electron chi connectivity index (χ4n) is 2.30. The van der Waals surface area contributed by atoms with Crippen LogP contribution in [0.2, 0.25) is 0 Å². The quantitative estimate of drug-likeness (QED) is 0.544. The fraction of sp³-hybridized carbons (Fsp3) is 0.211. The molecule has 26 heavy (non-hydrogen) atoms. The molecule has 0 saturated carbocycles. The molecular weight excluding hydrogens is 354 g/mol. The van der Waals surface area contributed by atoms with E-state index in [-0.39, 0.29) is 17.3 Å². The Balaban J connectivity index is 2.16. The van der Waals surface area contributed by atoms with E-state index in [0.717, 1.165) is 0 Å². The number of carbonyl (C=O) groups excluding carboxylic acids is 1. The topological polar surface area (TPSA) is 92.7 Å². The van der Waals surface area contributed by atoms with Crippen molar-refractivity contribution in [1.82, 2.24) is 0 Å². The average Bonchev–Trinajstić information content (AvgIpc) is 2.60. The van der Waals surface area contributed by atoms with Crippen LogP contribution in [0.4, 0.5) is 5.69 Å². The number of hydrogen-bond donors (Lipinski definition) is 2. The molecule has 2 aromatic carbocycles. The maximum Gasteiger partial charge on any atom is 0.232 e.